The quantitative estimate of drug-likeness (QED) is 0.160. The van der Waals surface area contributed by atoms with E-state index >= 15 is 0 Å². The van der Waals surface area contributed by atoms with Gasteiger partial charge in [0.2, 0.25) is 0 Å². The Morgan fingerprint density at radius 3 is 1.54 bits per heavy atom. The van der Waals surface area contributed by atoms with Crippen LogP contribution in [0.3, 0.4) is 0 Å². The summed E-state index contributed by atoms with van der Waals surface area (Å²) in [6.45, 7) is 0. The molecule has 0 saturated carbocycles. The van der Waals surface area contributed by atoms with E-state index in [2.05, 4.69) is 244 Å². The highest BCUT2D eigenvalue weighted by molar-refractivity contribution is 6.13. The SMILES string of the molecule is c1ccc(-c2cc(-n3c4ccccc4c4cc(-c5ccc6c7ccccc7n(-c7cccc(-c8ccc9c(c8)c8ncccc8n9-c8ccccc8)n7)c6c5)ccc43)cc(-c3ccccc3)n2)cc1. The minimum Gasteiger partial charge on any atom is -0.309 e. The molecule has 0 fully saturated rings. The van der Waals surface area contributed by atoms with Crippen molar-refractivity contribution in [2.24, 2.45) is 0 Å². The van der Waals surface area contributed by atoms with Gasteiger partial charge in [0.15, 0.2) is 0 Å². The Morgan fingerprint density at radius 2 is 0.797 bits per heavy atom. The highest BCUT2D eigenvalue weighted by Gasteiger charge is 2.20. The largest absolute Gasteiger partial charge is 0.309 e. The lowest BCUT2D eigenvalue weighted by molar-refractivity contribution is 1.08. The van der Waals surface area contributed by atoms with Gasteiger partial charge >= 0.3 is 0 Å². The van der Waals surface area contributed by atoms with E-state index < -0.39 is 0 Å². The lowest BCUT2D eigenvalue weighted by atomic mass is 10.0. The third-order valence-electron chi connectivity index (χ3n) is 13.7. The molecular formula is C63H40N6. The first kappa shape index (κ1) is 38.8. The van der Waals surface area contributed by atoms with Gasteiger partial charge in [-0.25, -0.2) is 9.97 Å². The van der Waals surface area contributed by atoms with E-state index in [1.165, 1.54) is 21.5 Å². The number of hydrogen-bond acceptors (Lipinski definition) is 3. The maximum Gasteiger partial charge on any atom is 0.138 e. The summed E-state index contributed by atoms with van der Waals surface area (Å²) in [5, 5.41) is 5.85. The molecule has 0 bridgehead atoms. The Balaban J connectivity index is 0.904. The maximum absolute atomic E-state index is 5.43. The van der Waals surface area contributed by atoms with E-state index in [4.69, 9.17) is 15.0 Å². The van der Waals surface area contributed by atoms with Gasteiger partial charge in [0, 0.05) is 55.5 Å². The molecule has 0 atom stereocenters. The van der Waals surface area contributed by atoms with Gasteiger partial charge in [0.1, 0.15) is 5.82 Å². The number of hydrogen-bond donors (Lipinski definition) is 0. The van der Waals surface area contributed by atoms with Crippen molar-refractivity contribution in [2.75, 3.05) is 0 Å². The zero-order valence-corrected chi connectivity index (χ0v) is 37.3. The fourth-order valence-electron chi connectivity index (χ4n) is 10.5. The molecule has 0 aliphatic rings. The minimum atomic E-state index is 0.862. The van der Waals surface area contributed by atoms with Crippen LogP contribution in [0.25, 0.3) is 128 Å². The van der Waals surface area contributed by atoms with E-state index in [1.54, 1.807) is 0 Å². The second-order valence-electron chi connectivity index (χ2n) is 17.7. The van der Waals surface area contributed by atoms with Crippen molar-refractivity contribution >= 4 is 65.5 Å². The monoisotopic (exact) mass is 880 g/mol. The predicted molar refractivity (Wildman–Crippen MR) is 285 cm³/mol. The number of nitrogens with zero attached hydrogens (tertiary/aromatic N) is 6. The van der Waals surface area contributed by atoms with Crippen LogP contribution in [-0.2, 0) is 0 Å². The topological polar surface area (TPSA) is 53.5 Å². The van der Waals surface area contributed by atoms with Gasteiger partial charge in [0.05, 0.1) is 61.4 Å². The lowest BCUT2D eigenvalue weighted by Gasteiger charge is -2.13. The molecule has 0 amide bonds. The molecule has 6 aromatic heterocycles. The summed E-state index contributed by atoms with van der Waals surface area (Å²) in [4.78, 5) is 15.5. The van der Waals surface area contributed by atoms with Crippen LogP contribution in [0.4, 0.5) is 0 Å². The van der Waals surface area contributed by atoms with Crippen molar-refractivity contribution in [1.82, 2.24) is 28.7 Å². The molecule has 322 valence electrons. The highest BCUT2D eigenvalue weighted by atomic mass is 15.1. The van der Waals surface area contributed by atoms with Gasteiger partial charge in [0.25, 0.3) is 0 Å². The Hall–Kier alpha value is -9.39. The van der Waals surface area contributed by atoms with Gasteiger partial charge in [-0.05, 0) is 102 Å². The van der Waals surface area contributed by atoms with Crippen LogP contribution in [-0.4, -0.2) is 28.7 Å². The van der Waals surface area contributed by atoms with Gasteiger partial charge < -0.3 is 9.13 Å². The highest BCUT2D eigenvalue weighted by Crippen LogP contribution is 2.40. The van der Waals surface area contributed by atoms with Gasteiger partial charge in [-0.15, -0.1) is 0 Å². The van der Waals surface area contributed by atoms with Gasteiger partial charge in [-0.3, -0.25) is 9.55 Å². The molecular weight excluding hydrogens is 841 g/mol. The molecule has 0 radical (unpaired) electrons. The number of rotatable bonds is 7. The summed E-state index contributed by atoms with van der Waals surface area (Å²) >= 11 is 0. The van der Waals surface area contributed by atoms with Crippen molar-refractivity contribution < 1.29 is 0 Å². The molecule has 0 aliphatic heterocycles. The molecule has 8 aromatic carbocycles. The maximum atomic E-state index is 5.43. The fraction of sp³-hybridized carbons (Fsp3) is 0. The van der Waals surface area contributed by atoms with Crippen molar-refractivity contribution in [2.45, 2.75) is 0 Å². The lowest BCUT2D eigenvalue weighted by Crippen LogP contribution is -1.99. The summed E-state index contributed by atoms with van der Waals surface area (Å²) in [6, 6.07) is 84.2. The Bertz CT molecular complexity index is 4240. The fourth-order valence-corrected chi connectivity index (χ4v) is 10.5. The number of benzene rings is 8. The summed E-state index contributed by atoms with van der Waals surface area (Å²) in [5.41, 5.74) is 18.1. The van der Waals surface area contributed by atoms with Crippen LogP contribution in [0.5, 0.6) is 0 Å². The molecule has 0 N–H and O–H groups in total. The molecule has 0 saturated heterocycles. The Labute approximate surface area is 397 Å². The van der Waals surface area contributed by atoms with E-state index in [1.807, 2.05) is 12.3 Å². The normalized spacial score (nSPS) is 11.8. The first-order valence-corrected chi connectivity index (χ1v) is 23.3. The second-order valence-corrected chi connectivity index (χ2v) is 17.7. The van der Waals surface area contributed by atoms with Crippen LogP contribution in [0.1, 0.15) is 0 Å². The summed E-state index contributed by atoms with van der Waals surface area (Å²) in [7, 11) is 0. The molecule has 6 nitrogen and oxygen atoms in total. The van der Waals surface area contributed by atoms with Crippen LogP contribution in [0, 0.1) is 0 Å². The zero-order chi connectivity index (χ0) is 45.4. The Kier molecular flexibility index (Phi) is 8.79. The molecule has 0 spiro atoms. The first-order valence-electron chi connectivity index (χ1n) is 23.3. The summed E-state index contributed by atoms with van der Waals surface area (Å²) < 4.78 is 7.01. The third kappa shape index (κ3) is 6.30. The van der Waals surface area contributed by atoms with Gasteiger partial charge in [-0.1, -0.05) is 146 Å². The standard InChI is InChI=1S/C63H40N6/c1-4-16-41(17-5-1)54-39-47(40-55(65-54)42-18-6-2-7-19-42)68-56-25-12-11-23-49(56)51-36-43(30-33-58(51)68)44-29-32-50-48-22-10-13-26-57(48)69(61(50)38-44)62-28-14-24-53(66-62)45-31-34-59-52(37-45)63-60(27-15-35-64-63)67(59)46-20-8-3-9-21-46/h1-40H. The van der Waals surface area contributed by atoms with Crippen LogP contribution >= 0.6 is 0 Å². The van der Waals surface area contributed by atoms with Crippen molar-refractivity contribution in [3.63, 3.8) is 0 Å². The second kappa shape index (κ2) is 15.6. The van der Waals surface area contributed by atoms with Gasteiger partial charge in [-0.2, -0.15) is 0 Å². The summed E-state index contributed by atoms with van der Waals surface area (Å²) in [6.07, 6.45) is 1.88. The molecule has 14 rings (SSSR count). The zero-order valence-electron chi connectivity index (χ0n) is 37.3. The number of fused-ring (bicyclic) bond motifs is 9. The van der Waals surface area contributed by atoms with E-state index in [-0.39, 0.29) is 0 Å². The number of para-hydroxylation sites is 3. The minimum absolute atomic E-state index is 0.862. The smallest absolute Gasteiger partial charge is 0.138 e. The molecule has 69 heavy (non-hydrogen) atoms. The molecule has 0 unspecified atom stereocenters. The van der Waals surface area contributed by atoms with Crippen LogP contribution < -0.4 is 0 Å². The van der Waals surface area contributed by atoms with E-state index in [9.17, 15) is 0 Å². The average Bonchev–Trinajstić information content (AvgIpc) is 4.06. The number of aromatic nitrogens is 6. The van der Waals surface area contributed by atoms with Crippen molar-refractivity contribution in [3.8, 4) is 62.1 Å². The van der Waals surface area contributed by atoms with E-state index in [0.717, 1.165) is 106 Å². The van der Waals surface area contributed by atoms with Crippen LogP contribution in [0.15, 0.2) is 243 Å². The number of pyridine rings is 3. The van der Waals surface area contributed by atoms with Crippen molar-refractivity contribution in [1.29, 1.82) is 0 Å². The molecule has 6 heteroatoms. The third-order valence-corrected chi connectivity index (χ3v) is 13.7. The van der Waals surface area contributed by atoms with Crippen LogP contribution in [0.2, 0.25) is 0 Å². The Morgan fingerprint density at radius 1 is 0.261 bits per heavy atom. The van der Waals surface area contributed by atoms with Crippen molar-refractivity contribution in [3.05, 3.63) is 243 Å². The van der Waals surface area contributed by atoms with E-state index in [0.29, 0.717) is 0 Å². The predicted octanol–water partition coefficient (Wildman–Crippen LogP) is 15.8. The first-order chi connectivity index (χ1) is 34.2. The average molecular weight is 881 g/mol. The molecule has 0 aliphatic carbocycles. The molecule has 6 heterocycles. The summed E-state index contributed by atoms with van der Waals surface area (Å²) in [5.74, 6) is 0.862. The molecule has 14 aromatic rings.